The summed E-state index contributed by atoms with van der Waals surface area (Å²) >= 11 is 1.94. The quantitative estimate of drug-likeness (QED) is 0.765. The number of benzene rings is 2. The summed E-state index contributed by atoms with van der Waals surface area (Å²) in [6.07, 6.45) is 0. The monoisotopic (exact) mass is 255 g/mol. The highest BCUT2D eigenvalue weighted by molar-refractivity contribution is 7.99. The summed E-state index contributed by atoms with van der Waals surface area (Å²) in [5, 5.41) is 0. The molecule has 3 rings (SSSR count). The Morgan fingerprint density at radius 2 is 1.44 bits per heavy atom. The minimum Gasteiger partial charge on any atom is -0.294 e. The molecule has 0 saturated carbocycles. The molecule has 1 nitrogen and oxygen atoms in total. The highest BCUT2D eigenvalue weighted by atomic mass is 32.2. The summed E-state index contributed by atoms with van der Waals surface area (Å²) in [4.78, 5) is 3.90. The smallest absolute Gasteiger partial charge is 0.0240 e. The molecule has 92 valence electrons. The fourth-order valence-electron chi connectivity index (χ4n) is 2.37. The molecular formula is C16H17NS. The number of hydrogen-bond donors (Lipinski definition) is 0. The summed E-state index contributed by atoms with van der Waals surface area (Å²) in [5.74, 6) is 1.16. The molecule has 2 heteroatoms. The number of hydrogen-bond acceptors (Lipinski definition) is 2. The van der Waals surface area contributed by atoms with Crippen molar-refractivity contribution in [2.45, 2.75) is 18.0 Å². The van der Waals surface area contributed by atoms with Gasteiger partial charge in [-0.2, -0.15) is 0 Å². The van der Waals surface area contributed by atoms with Crippen LogP contribution in [-0.2, 0) is 13.1 Å². The Bertz CT molecular complexity index is 485. The minimum atomic E-state index is 1.12. The predicted molar refractivity (Wildman–Crippen MR) is 77.7 cm³/mol. The van der Waals surface area contributed by atoms with Crippen molar-refractivity contribution in [1.29, 1.82) is 0 Å². The second-order valence-electron chi connectivity index (χ2n) is 4.64. The maximum atomic E-state index is 2.53. The van der Waals surface area contributed by atoms with Gasteiger partial charge in [-0.25, -0.2) is 0 Å². The molecular weight excluding hydrogens is 238 g/mol. The third-order valence-corrected chi connectivity index (χ3v) is 4.32. The van der Waals surface area contributed by atoms with Crippen molar-refractivity contribution < 1.29 is 0 Å². The summed E-state index contributed by atoms with van der Waals surface area (Å²) in [6.45, 7) is 3.39. The van der Waals surface area contributed by atoms with Gasteiger partial charge in [0.05, 0.1) is 0 Å². The van der Waals surface area contributed by atoms with Crippen LogP contribution in [0.25, 0.3) is 0 Å². The van der Waals surface area contributed by atoms with Crippen LogP contribution in [0.3, 0.4) is 0 Å². The fraction of sp³-hybridized carbons (Fsp3) is 0.250. The first-order valence-electron chi connectivity index (χ1n) is 6.39. The van der Waals surface area contributed by atoms with Gasteiger partial charge in [-0.05, 0) is 23.3 Å². The Balaban J connectivity index is 1.49. The second kappa shape index (κ2) is 5.59. The maximum absolute atomic E-state index is 2.53. The van der Waals surface area contributed by atoms with Crippen LogP contribution >= 0.6 is 11.8 Å². The van der Waals surface area contributed by atoms with Gasteiger partial charge in [0.15, 0.2) is 0 Å². The van der Waals surface area contributed by atoms with Gasteiger partial charge in [0, 0.05) is 30.3 Å². The SMILES string of the molecule is c1ccc(SCCN2Cc3ccccc3C2)cc1. The van der Waals surface area contributed by atoms with Crippen LogP contribution in [0, 0.1) is 0 Å². The maximum Gasteiger partial charge on any atom is 0.0240 e. The lowest BCUT2D eigenvalue weighted by Crippen LogP contribution is -2.19. The molecule has 0 bridgehead atoms. The van der Waals surface area contributed by atoms with Crippen LogP contribution in [0.2, 0.25) is 0 Å². The van der Waals surface area contributed by atoms with Crippen molar-refractivity contribution in [3.05, 3.63) is 65.7 Å². The molecule has 0 fully saturated rings. The van der Waals surface area contributed by atoms with Gasteiger partial charge < -0.3 is 0 Å². The van der Waals surface area contributed by atoms with Crippen molar-refractivity contribution in [2.24, 2.45) is 0 Å². The van der Waals surface area contributed by atoms with Crippen LogP contribution in [0.1, 0.15) is 11.1 Å². The van der Waals surface area contributed by atoms with Gasteiger partial charge in [0.2, 0.25) is 0 Å². The molecule has 0 aromatic heterocycles. The molecule has 0 unspecified atom stereocenters. The first kappa shape index (κ1) is 11.8. The average molecular weight is 255 g/mol. The molecule has 0 atom stereocenters. The summed E-state index contributed by atoms with van der Waals surface area (Å²) < 4.78 is 0. The first-order valence-corrected chi connectivity index (χ1v) is 7.37. The molecule has 2 aromatic carbocycles. The molecule has 0 saturated heterocycles. The normalized spacial score (nSPS) is 14.7. The molecule has 0 spiro atoms. The van der Waals surface area contributed by atoms with E-state index in [2.05, 4.69) is 59.5 Å². The Labute approximate surface area is 113 Å². The van der Waals surface area contributed by atoms with Gasteiger partial charge in [-0.1, -0.05) is 42.5 Å². The lowest BCUT2D eigenvalue weighted by atomic mass is 10.1. The van der Waals surface area contributed by atoms with Crippen LogP contribution in [0.5, 0.6) is 0 Å². The van der Waals surface area contributed by atoms with Gasteiger partial charge in [-0.15, -0.1) is 11.8 Å². The van der Waals surface area contributed by atoms with Crippen molar-refractivity contribution >= 4 is 11.8 Å². The number of thioether (sulfide) groups is 1. The molecule has 1 heterocycles. The number of nitrogens with zero attached hydrogens (tertiary/aromatic N) is 1. The van der Waals surface area contributed by atoms with Gasteiger partial charge in [0.25, 0.3) is 0 Å². The van der Waals surface area contributed by atoms with E-state index in [0.29, 0.717) is 0 Å². The van der Waals surface area contributed by atoms with Crippen molar-refractivity contribution in [2.75, 3.05) is 12.3 Å². The van der Waals surface area contributed by atoms with E-state index in [1.54, 1.807) is 0 Å². The van der Waals surface area contributed by atoms with E-state index in [4.69, 9.17) is 0 Å². The second-order valence-corrected chi connectivity index (χ2v) is 5.81. The largest absolute Gasteiger partial charge is 0.294 e. The van der Waals surface area contributed by atoms with E-state index < -0.39 is 0 Å². The van der Waals surface area contributed by atoms with E-state index in [1.807, 2.05) is 11.8 Å². The van der Waals surface area contributed by atoms with Gasteiger partial charge in [0.1, 0.15) is 0 Å². The van der Waals surface area contributed by atoms with E-state index in [-0.39, 0.29) is 0 Å². The van der Waals surface area contributed by atoms with Crippen molar-refractivity contribution in [3.63, 3.8) is 0 Å². The Morgan fingerprint density at radius 1 is 0.833 bits per heavy atom. The van der Waals surface area contributed by atoms with Crippen LogP contribution in [0.15, 0.2) is 59.5 Å². The molecule has 0 radical (unpaired) electrons. The van der Waals surface area contributed by atoms with E-state index >= 15 is 0 Å². The molecule has 0 amide bonds. The average Bonchev–Trinajstić information content (AvgIpc) is 2.82. The van der Waals surface area contributed by atoms with Crippen molar-refractivity contribution in [3.8, 4) is 0 Å². The highest BCUT2D eigenvalue weighted by Crippen LogP contribution is 2.23. The van der Waals surface area contributed by atoms with Crippen molar-refractivity contribution in [1.82, 2.24) is 4.90 Å². The molecule has 2 aromatic rings. The summed E-state index contributed by atoms with van der Waals surface area (Å²) in [7, 11) is 0. The molecule has 18 heavy (non-hydrogen) atoms. The Morgan fingerprint density at radius 3 is 2.11 bits per heavy atom. The zero-order valence-electron chi connectivity index (χ0n) is 10.4. The minimum absolute atomic E-state index is 1.12. The highest BCUT2D eigenvalue weighted by Gasteiger charge is 2.17. The van der Waals surface area contributed by atoms with Crippen LogP contribution < -0.4 is 0 Å². The van der Waals surface area contributed by atoms with E-state index in [9.17, 15) is 0 Å². The van der Waals surface area contributed by atoms with Gasteiger partial charge >= 0.3 is 0 Å². The predicted octanol–water partition coefficient (Wildman–Crippen LogP) is 3.79. The fourth-order valence-corrected chi connectivity index (χ4v) is 3.31. The third-order valence-electron chi connectivity index (χ3n) is 3.33. The van der Waals surface area contributed by atoms with E-state index in [1.165, 1.54) is 16.0 Å². The molecule has 1 aliphatic rings. The Kier molecular flexibility index (Phi) is 3.67. The van der Waals surface area contributed by atoms with E-state index in [0.717, 1.165) is 25.4 Å². The standard InChI is InChI=1S/C16H17NS/c1-2-8-16(9-3-1)18-11-10-17-12-14-6-4-5-7-15(14)13-17/h1-9H,10-13H2. The van der Waals surface area contributed by atoms with Gasteiger partial charge in [-0.3, -0.25) is 4.90 Å². The van der Waals surface area contributed by atoms with Crippen LogP contribution in [-0.4, -0.2) is 17.2 Å². The zero-order chi connectivity index (χ0) is 12.2. The number of rotatable bonds is 4. The lowest BCUT2D eigenvalue weighted by molar-refractivity contribution is 0.303. The van der Waals surface area contributed by atoms with Crippen LogP contribution in [0.4, 0.5) is 0 Å². The summed E-state index contributed by atoms with van der Waals surface area (Å²) in [6, 6.07) is 19.4. The Hall–Kier alpha value is -1.25. The zero-order valence-corrected chi connectivity index (χ0v) is 11.2. The molecule has 0 N–H and O–H groups in total. The summed E-state index contributed by atoms with van der Waals surface area (Å²) in [5.41, 5.74) is 3.00. The topological polar surface area (TPSA) is 3.24 Å². The third kappa shape index (κ3) is 2.77. The number of fused-ring (bicyclic) bond motifs is 1. The molecule has 1 aliphatic heterocycles. The first-order chi connectivity index (χ1) is 8.92. The molecule has 0 aliphatic carbocycles. The lowest BCUT2D eigenvalue weighted by Gasteiger charge is -2.14.